The van der Waals surface area contributed by atoms with E-state index < -0.39 is 9.84 Å². The van der Waals surface area contributed by atoms with Crippen LogP contribution < -0.4 is 5.32 Å². The maximum Gasteiger partial charge on any atom is 0.176 e. The summed E-state index contributed by atoms with van der Waals surface area (Å²) < 4.78 is 24.2. The summed E-state index contributed by atoms with van der Waals surface area (Å²) in [5.74, 6) is 0.590. The molecule has 2 N–H and O–H groups in total. The van der Waals surface area contributed by atoms with Crippen LogP contribution >= 0.6 is 0 Å². The predicted octanol–water partition coefficient (Wildman–Crippen LogP) is 3.06. The van der Waals surface area contributed by atoms with Gasteiger partial charge < -0.3 is 5.32 Å². The van der Waals surface area contributed by atoms with Gasteiger partial charge in [0.2, 0.25) is 0 Å². The summed E-state index contributed by atoms with van der Waals surface area (Å²) in [4.78, 5) is 4.84. The van der Waals surface area contributed by atoms with Crippen LogP contribution in [0.2, 0.25) is 0 Å². The second-order valence-electron chi connectivity index (χ2n) is 5.46. The number of nitrogens with zero attached hydrogens (tertiary/aromatic N) is 2. The summed E-state index contributed by atoms with van der Waals surface area (Å²) in [6, 6.07) is 15.4. The molecule has 24 heavy (non-hydrogen) atoms. The first-order chi connectivity index (χ1) is 11.5. The summed E-state index contributed by atoms with van der Waals surface area (Å²) in [5, 5.41) is 11.5. The molecule has 2 aromatic heterocycles. The van der Waals surface area contributed by atoms with Crippen molar-refractivity contribution in [2.24, 2.45) is 0 Å². The highest BCUT2D eigenvalue weighted by molar-refractivity contribution is 7.91. The van der Waals surface area contributed by atoms with Crippen LogP contribution in [0.3, 0.4) is 0 Å². The Morgan fingerprint density at radius 1 is 1.17 bits per heavy atom. The molecule has 7 heteroatoms. The van der Waals surface area contributed by atoms with Crippen LogP contribution in [0, 0.1) is 6.07 Å². The highest BCUT2D eigenvalue weighted by Crippen LogP contribution is 2.33. The smallest absolute Gasteiger partial charge is 0.176 e. The lowest BCUT2D eigenvalue weighted by Crippen LogP contribution is -2.01. The van der Waals surface area contributed by atoms with Gasteiger partial charge in [-0.05, 0) is 30.3 Å². The molecule has 4 rings (SSSR count). The first-order valence-electron chi connectivity index (χ1n) is 7.23. The first kappa shape index (κ1) is 14.6. The zero-order valence-electron chi connectivity index (χ0n) is 12.7. The predicted molar refractivity (Wildman–Crippen MR) is 93.1 cm³/mol. The number of aromatic nitrogens is 3. The Labute approximate surface area is 138 Å². The number of pyridine rings is 1. The van der Waals surface area contributed by atoms with Crippen LogP contribution in [0.4, 0.5) is 11.5 Å². The van der Waals surface area contributed by atoms with Gasteiger partial charge in [-0.2, -0.15) is 5.10 Å². The third-order valence-electron chi connectivity index (χ3n) is 3.76. The van der Waals surface area contributed by atoms with Crippen molar-refractivity contribution in [3.8, 4) is 0 Å². The zero-order valence-corrected chi connectivity index (χ0v) is 13.6. The van der Waals surface area contributed by atoms with Crippen molar-refractivity contribution in [2.45, 2.75) is 4.90 Å². The lowest BCUT2D eigenvalue weighted by atomic mass is 10.1. The van der Waals surface area contributed by atoms with E-state index in [1.165, 1.54) is 6.26 Å². The fourth-order valence-electron chi connectivity index (χ4n) is 2.72. The van der Waals surface area contributed by atoms with Crippen LogP contribution in [0.5, 0.6) is 0 Å². The van der Waals surface area contributed by atoms with Gasteiger partial charge in [0.25, 0.3) is 0 Å². The molecule has 6 nitrogen and oxygen atoms in total. The Morgan fingerprint density at radius 2 is 1.96 bits per heavy atom. The van der Waals surface area contributed by atoms with Gasteiger partial charge in [0.1, 0.15) is 5.52 Å². The summed E-state index contributed by atoms with van der Waals surface area (Å²) >= 11 is 0. The average molecular weight is 337 g/mol. The van der Waals surface area contributed by atoms with Gasteiger partial charge in [-0.25, -0.2) is 13.4 Å². The van der Waals surface area contributed by atoms with Crippen molar-refractivity contribution >= 4 is 43.1 Å². The SMILES string of the molecule is CS(=O)(=O)c1cccc2nc(Nc3cc[c]cc3)c3[nH]ncc3c12. The van der Waals surface area contributed by atoms with Gasteiger partial charge in [0.05, 0.1) is 16.6 Å². The summed E-state index contributed by atoms with van der Waals surface area (Å²) in [6.45, 7) is 0. The number of nitrogens with one attached hydrogen (secondary N) is 2. The number of anilines is 2. The number of rotatable bonds is 3. The Kier molecular flexibility index (Phi) is 3.24. The largest absolute Gasteiger partial charge is 0.338 e. The Hall–Kier alpha value is -2.93. The average Bonchev–Trinajstić information content (AvgIpc) is 3.04. The molecule has 0 bridgehead atoms. The van der Waals surface area contributed by atoms with Gasteiger partial charge in [-0.1, -0.05) is 18.2 Å². The van der Waals surface area contributed by atoms with E-state index in [4.69, 9.17) is 0 Å². The molecule has 0 spiro atoms. The lowest BCUT2D eigenvalue weighted by Gasteiger charge is -2.10. The minimum Gasteiger partial charge on any atom is -0.338 e. The molecule has 119 valence electrons. The van der Waals surface area contributed by atoms with Crippen LogP contribution in [-0.2, 0) is 9.84 Å². The van der Waals surface area contributed by atoms with Crippen LogP contribution in [-0.4, -0.2) is 29.9 Å². The van der Waals surface area contributed by atoms with Gasteiger partial charge >= 0.3 is 0 Å². The number of aromatic amines is 1. The number of sulfone groups is 1. The number of fused-ring (bicyclic) bond motifs is 3. The lowest BCUT2D eigenvalue weighted by molar-refractivity contribution is 0.602. The molecular weight excluding hydrogens is 324 g/mol. The van der Waals surface area contributed by atoms with E-state index in [-0.39, 0.29) is 4.90 Å². The highest BCUT2D eigenvalue weighted by Gasteiger charge is 2.18. The molecule has 0 aliphatic heterocycles. The van der Waals surface area contributed by atoms with Gasteiger partial charge in [0, 0.05) is 22.7 Å². The summed E-state index contributed by atoms with van der Waals surface area (Å²) in [6.07, 6.45) is 2.82. The molecule has 0 aliphatic carbocycles. The molecule has 0 saturated carbocycles. The monoisotopic (exact) mass is 337 g/mol. The second kappa shape index (κ2) is 5.31. The van der Waals surface area contributed by atoms with Gasteiger partial charge in [0.15, 0.2) is 15.7 Å². The maximum absolute atomic E-state index is 12.1. The normalized spacial score (nSPS) is 11.9. The first-order valence-corrected chi connectivity index (χ1v) is 9.12. The van der Waals surface area contributed by atoms with Crippen molar-refractivity contribution in [3.63, 3.8) is 0 Å². The second-order valence-corrected chi connectivity index (χ2v) is 7.44. The van der Waals surface area contributed by atoms with E-state index in [0.717, 1.165) is 5.69 Å². The van der Waals surface area contributed by atoms with Crippen LogP contribution in [0.25, 0.3) is 21.8 Å². The highest BCUT2D eigenvalue weighted by atomic mass is 32.2. The fourth-order valence-corrected chi connectivity index (χ4v) is 3.63. The molecule has 0 atom stereocenters. The standard InChI is InChI=1S/C17H13N4O2S/c1-24(22,23)14-9-5-8-13-15(14)12-10-18-21-16(12)17(20-13)19-11-6-3-2-4-7-11/h3-10H,1H3,(H,18,21)(H,19,20). The molecule has 0 amide bonds. The zero-order chi connectivity index (χ0) is 16.7. The van der Waals surface area contributed by atoms with Crippen molar-refractivity contribution in [1.82, 2.24) is 15.2 Å². The molecule has 2 aromatic carbocycles. The van der Waals surface area contributed by atoms with Crippen molar-refractivity contribution in [2.75, 3.05) is 11.6 Å². The molecule has 2 heterocycles. The molecule has 0 saturated heterocycles. The third-order valence-corrected chi connectivity index (χ3v) is 4.90. The topological polar surface area (TPSA) is 87.7 Å². The number of hydrogen-bond acceptors (Lipinski definition) is 5. The quantitative estimate of drug-likeness (QED) is 0.600. The van der Waals surface area contributed by atoms with Crippen LogP contribution in [0.1, 0.15) is 0 Å². The summed E-state index contributed by atoms with van der Waals surface area (Å²) in [5.41, 5.74) is 2.11. The molecule has 0 aliphatic rings. The minimum atomic E-state index is -3.38. The molecule has 0 unspecified atom stereocenters. The molecule has 0 fully saturated rings. The van der Waals surface area contributed by atoms with Gasteiger partial charge in [-0.3, -0.25) is 5.10 Å². The van der Waals surface area contributed by atoms with Crippen molar-refractivity contribution in [1.29, 1.82) is 0 Å². The Morgan fingerprint density at radius 3 is 2.71 bits per heavy atom. The van der Waals surface area contributed by atoms with E-state index in [1.54, 1.807) is 36.5 Å². The number of benzene rings is 2. The van der Waals surface area contributed by atoms with E-state index in [9.17, 15) is 8.42 Å². The van der Waals surface area contributed by atoms with Crippen LogP contribution in [0.15, 0.2) is 53.6 Å². The minimum absolute atomic E-state index is 0.250. The maximum atomic E-state index is 12.1. The summed E-state index contributed by atoms with van der Waals surface area (Å²) in [7, 11) is -3.38. The Bertz CT molecular complexity index is 1150. The molecule has 4 aromatic rings. The van der Waals surface area contributed by atoms with Gasteiger partial charge in [-0.15, -0.1) is 0 Å². The number of H-pyrrole nitrogens is 1. The van der Waals surface area contributed by atoms with Crippen molar-refractivity contribution in [3.05, 3.63) is 54.7 Å². The van der Waals surface area contributed by atoms with E-state index in [0.29, 0.717) is 27.6 Å². The van der Waals surface area contributed by atoms with E-state index in [1.807, 2.05) is 12.1 Å². The number of hydrogen-bond donors (Lipinski definition) is 2. The Balaban J connectivity index is 2.02. The molecular formula is C17H13N4O2S. The van der Waals surface area contributed by atoms with Crippen molar-refractivity contribution < 1.29 is 8.42 Å². The molecule has 1 radical (unpaired) electrons. The third kappa shape index (κ3) is 2.39. The van der Waals surface area contributed by atoms with E-state index in [2.05, 4.69) is 26.6 Å². The van der Waals surface area contributed by atoms with E-state index >= 15 is 0 Å². The fraction of sp³-hybridized carbons (Fsp3) is 0.0588.